The Morgan fingerprint density at radius 2 is 2.21 bits per heavy atom. The van der Waals surface area contributed by atoms with Crippen molar-refractivity contribution in [1.29, 1.82) is 0 Å². The third-order valence-corrected chi connectivity index (χ3v) is 2.67. The van der Waals surface area contributed by atoms with Gasteiger partial charge >= 0.3 is 0 Å². The molecule has 0 atom stereocenters. The van der Waals surface area contributed by atoms with Gasteiger partial charge in [-0.3, -0.25) is 4.79 Å². The number of carbonyl (C=O) groups is 1. The number of phenols is 1. The molecular formula is C12H14O2. The highest BCUT2D eigenvalue weighted by Gasteiger charge is 2.27. The number of hydrogen-bond acceptors (Lipinski definition) is 2. The zero-order chi connectivity index (χ0) is 10.1. The molecule has 2 nitrogen and oxygen atoms in total. The van der Waals surface area contributed by atoms with E-state index in [1.165, 1.54) is 0 Å². The van der Waals surface area contributed by atoms with Crippen LogP contribution >= 0.6 is 0 Å². The summed E-state index contributed by atoms with van der Waals surface area (Å²) in [6.07, 6.45) is 2.82. The van der Waals surface area contributed by atoms with Gasteiger partial charge in [-0.1, -0.05) is 6.92 Å². The van der Waals surface area contributed by atoms with Crippen molar-refractivity contribution < 1.29 is 9.90 Å². The average molecular weight is 190 g/mol. The van der Waals surface area contributed by atoms with E-state index in [4.69, 9.17) is 0 Å². The van der Waals surface area contributed by atoms with Gasteiger partial charge in [0.1, 0.15) is 5.75 Å². The van der Waals surface area contributed by atoms with Crippen LogP contribution in [-0.2, 0) is 0 Å². The average Bonchev–Trinajstić information content (AvgIpc) is 3.00. The van der Waals surface area contributed by atoms with Gasteiger partial charge in [0.2, 0.25) is 0 Å². The minimum atomic E-state index is 0.173. The van der Waals surface area contributed by atoms with Gasteiger partial charge in [-0.15, -0.1) is 0 Å². The standard InChI is InChI=1S/C12H14O2/c1-2-12(14)10-6-5-9(13)7-11(10)8-3-4-8/h5-8,13H,2-4H2,1H3. The van der Waals surface area contributed by atoms with Gasteiger partial charge < -0.3 is 5.11 Å². The molecule has 1 aromatic rings. The van der Waals surface area contributed by atoms with Crippen LogP contribution in [0, 0.1) is 0 Å². The van der Waals surface area contributed by atoms with Crippen LogP contribution in [0.3, 0.4) is 0 Å². The van der Waals surface area contributed by atoms with Crippen molar-refractivity contribution in [3.8, 4) is 5.75 Å². The molecule has 0 bridgehead atoms. The highest BCUT2D eigenvalue weighted by molar-refractivity contribution is 5.97. The Balaban J connectivity index is 2.42. The van der Waals surface area contributed by atoms with Gasteiger partial charge in [0.25, 0.3) is 0 Å². The third kappa shape index (κ3) is 1.65. The molecule has 0 amide bonds. The highest BCUT2D eigenvalue weighted by atomic mass is 16.3. The molecule has 0 saturated heterocycles. The molecule has 14 heavy (non-hydrogen) atoms. The fraction of sp³-hybridized carbons (Fsp3) is 0.417. The SMILES string of the molecule is CCC(=O)c1ccc(O)cc1C1CC1. The molecule has 1 aliphatic carbocycles. The molecule has 0 radical (unpaired) electrons. The van der Waals surface area contributed by atoms with Crippen LogP contribution in [0.5, 0.6) is 5.75 Å². The molecule has 1 saturated carbocycles. The minimum absolute atomic E-state index is 0.173. The van der Waals surface area contributed by atoms with E-state index >= 15 is 0 Å². The Kier molecular flexibility index (Phi) is 2.28. The molecule has 0 aliphatic heterocycles. The maximum absolute atomic E-state index is 11.6. The van der Waals surface area contributed by atoms with Gasteiger partial charge in [-0.2, -0.15) is 0 Å². The van der Waals surface area contributed by atoms with Crippen LogP contribution in [0.15, 0.2) is 18.2 Å². The van der Waals surface area contributed by atoms with Crippen molar-refractivity contribution in [1.82, 2.24) is 0 Å². The van der Waals surface area contributed by atoms with E-state index in [1.54, 1.807) is 18.2 Å². The third-order valence-electron chi connectivity index (χ3n) is 2.67. The van der Waals surface area contributed by atoms with Crippen LogP contribution in [0.2, 0.25) is 0 Å². The first kappa shape index (κ1) is 9.25. The predicted molar refractivity (Wildman–Crippen MR) is 54.7 cm³/mol. The summed E-state index contributed by atoms with van der Waals surface area (Å²) in [6.45, 7) is 1.87. The number of phenolic OH excluding ortho intramolecular Hbond substituents is 1. The van der Waals surface area contributed by atoms with Crippen molar-refractivity contribution in [2.75, 3.05) is 0 Å². The molecule has 1 aromatic carbocycles. The summed E-state index contributed by atoms with van der Waals surface area (Å²) in [5, 5.41) is 9.36. The van der Waals surface area contributed by atoms with E-state index in [1.807, 2.05) is 6.92 Å². The first-order chi connectivity index (χ1) is 6.72. The lowest BCUT2D eigenvalue weighted by Gasteiger charge is -2.06. The minimum Gasteiger partial charge on any atom is -0.508 e. The monoisotopic (exact) mass is 190 g/mol. The van der Waals surface area contributed by atoms with Gasteiger partial charge in [-0.05, 0) is 42.5 Å². The van der Waals surface area contributed by atoms with Crippen LogP contribution in [0.4, 0.5) is 0 Å². The van der Waals surface area contributed by atoms with Crippen molar-refractivity contribution in [3.63, 3.8) is 0 Å². The van der Waals surface area contributed by atoms with E-state index in [9.17, 15) is 9.90 Å². The zero-order valence-electron chi connectivity index (χ0n) is 8.29. The van der Waals surface area contributed by atoms with Gasteiger partial charge in [0, 0.05) is 12.0 Å². The first-order valence-electron chi connectivity index (χ1n) is 5.08. The maximum Gasteiger partial charge on any atom is 0.162 e. The van der Waals surface area contributed by atoms with Crippen molar-refractivity contribution >= 4 is 5.78 Å². The molecule has 0 heterocycles. The van der Waals surface area contributed by atoms with E-state index < -0.39 is 0 Å². The van der Waals surface area contributed by atoms with Crippen molar-refractivity contribution in [3.05, 3.63) is 29.3 Å². The molecule has 74 valence electrons. The molecule has 2 rings (SSSR count). The summed E-state index contributed by atoms with van der Waals surface area (Å²) >= 11 is 0. The lowest BCUT2D eigenvalue weighted by molar-refractivity contribution is 0.0987. The van der Waals surface area contributed by atoms with Crippen LogP contribution < -0.4 is 0 Å². The van der Waals surface area contributed by atoms with E-state index in [0.717, 1.165) is 24.0 Å². The van der Waals surface area contributed by atoms with Crippen LogP contribution in [0.25, 0.3) is 0 Å². The number of benzene rings is 1. The number of hydrogen-bond donors (Lipinski definition) is 1. The zero-order valence-corrected chi connectivity index (χ0v) is 8.29. The second-order valence-electron chi connectivity index (χ2n) is 3.82. The Morgan fingerprint density at radius 1 is 1.50 bits per heavy atom. The second-order valence-corrected chi connectivity index (χ2v) is 3.82. The Hall–Kier alpha value is -1.31. The number of Topliss-reactive ketones (excluding diaryl/α,β-unsaturated/α-hetero) is 1. The molecule has 1 N–H and O–H groups in total. The Morgan fingerprint density at radius 3 is 2.79 bits per heavy atom. The van der Waals surface area contributed by atoms with E-state index in [2.05, 4.69) is 0 Å². The summed E-state index contributed by atoms with van der Waals surface area (Å²) in [5.74, 6) is 0.944. The predicted octanol–water partition coefficient (Wildman–Crippen LogP) is 2.86. The van der Waals surface area contributed by atoms with Crippen LogP contribution in [-0.4, -0.2) is 10.9 Å². The summed E-state index contributed by atoms with van der Waals surface area (Å²) in [7, 11) is 0. The van der Waals surface area contributed by atoms with Gasteiger partial charge in [-0.25, -0.2) is 0 Å². The maximum atomic E-state index is 11.6. The largest absolute Gasteiger partial charge is 0.508 e. The smallest absolute Gasteiger partial charge is 0.162 e. The molecule has 2 heteroatoms. The number of rotatable bonds is 3. The summed E-state index contributed by atoms with van der Waals surface area (Å²) in [6, 6.07) is 5.07. The summed E-state index contributed by atoms with van der Waals surface area (Å²) in [4.78, 5) is 11.6. The second kappa shape index (κ2) is 3.45. The molecule has 1 aliphatic rings. The molecule has 0 spiro atoms. The highest BCUT2D eigenvalue weighted by Crippen LogP contribution is 2.42. The number of ketones is 1. The normalized spacial score (nSPS) is 15.5. The van der Waals surface area contributed by atoms with Gasteiger partial charge in [0.05, 0.1) is 0 Å². The quantitative estimate of drug-likeness (QED) is 0.744. The molecule has 1 fully saturated rings. The topological polar surface area (TPSA) is 37.3 Å². The summed E-state index contributed by atoms with van der Waals surface area (Å²) < 4.78 is 0. The number of carbonyl (C=O) groups excluding carboxylic acids is 1. The van der Waals surface area contributed by atoms with E-state index in [0.29, 0.717) is 12.3 Å². The van der Waals surface area contributed by atoms with Crippen molar-refractivity contribution in [2.24, 2.45) is 0 Å². The fourth-order valence-corrected chi connectivity index (χ4v) is 1.73. The molecular weight excluding hydrogens is 176 g/mol. The number of aromatic hydroxyl groups is 1. The molecule has 0 unspecified atom stereocenters. The summed E-state index contributed by atoms with van der Waals surface area (Å²) in [5.41, 5.74) is 1.84. The fourth-order valence-electron chi connectivity index (χ4n) is 1.73. The first-order valence-corrected chi connectivity index (χ1v) is 5.08. The lowest BCUT2D eigenvalue weighted by Crippen LogP contribution is -2.01. The Bertz CT molecular complexity index is 365. The lowest BCUT2D eigenvalue weighted by atomic mass is 9.98. The van der Waals surface area contributed by atoms with Crippen LogP contribution in [0.1, 0.15) is 48.0 Å². The molecule has 0 aromatic heterocycles. The van der Waals surface area contributed by atoms with Gasteiger partial charge in [0.15, 0.2) is 5.78 Å². The van der Waals surface area contributed by atoms with Crippen molar-refractivity contribution in [2.45, 2.75) is 32.1 Å². The van der Waals surface area contributed by atoms with E-state index in [-0.39, 0.29) is 11.5 Å². The Labute approximate surface area is 83.6 Å².